The first-order valence-electron chi connectivity index (χ1n) is 15.0. The third kappa shape index (κ3) is 7.92. The van der Waals surface area contributed by atoms with Crippen molar-refractivity contribution in [2.45, 2.75) is 36.5 Å². The molecule has 1 aliphatic rings. The SMILES string of the molecule is O=S(=O)(CCNCCCC1(c2cc3c(Nc4ccc(OCc5cccc(F)c5)c(Br)c4)ncnc3cn2)CC=CO1)c1ccccn1. The zero-order chi connectivity index (χ0) is 32.7. The van der Waals surface area contributed by atoms with Gasteiger partial charge >= 0.3 is 0 Å². The van der Waals surface area contributed by atoms with Crippen molar-refractivity contribution in [2.75, 3.05) is 24.2 Å². The summed E-state index contributed by atoms with van der Waals surface area (Å²) in [6.45, 7) is 1.17. The van der Waals surface area contributed by atoms with E-state index in [0.29, 0.717) is 43.0 Å². The maximum Gasteiger partial charge on any atom is 0.196 e. The van der Waals surface area contributed by atoms with Crippen LogP contribution in [-0.2, 0) is 26.8 Å². The summed E-state index contributed by atoms with van der Waals surface area (Å²) in [5.74, 6) is 0.893. The molecule has 3 aromatic heterocycles. The number of nitrogens with one attached hydrogen (secondary N) is 2. The average Bonchev–Trinajstić information content (AvgIpc) is 3.56. The van der Waals surface area contributed by atoms with Gasteiger partial charge in [0.1, 0.15) is 30.3 Å². The Hall–Kier alpha value is -4.46. The van der Waals surface area contributed by atoms with E-state index in [1.807, 2.05) is 36.4 Å². The quantitative estimate of drug-likeness (QED) is 0.121. The largest absolute Gasteiger partial charge is 0.489 e. The third-order valence-corrected chi connectivity index (χ3v) is 9.98. The molecule has 0 spiro atoms. The van der Waals surface area contributed by atoms with Gasteiger partial charge < -0.3 is 20.1 Å². The minimum absolute atomic E-state index is 0.0313. The monoisotopic (exact) mass is 718 g/mol. The van der Waals surface area contributed by atoms with Crippen LogP contribution in [0, 0.1) is 5.82 Å². The summed E-state index contributed by atoms with van der Waals surface area (Å²) in [5, 5.41) is 7.49. The number of pyridine rings is 2. The van der Waals surface area contributed by atoms with Gasteiger partial charge in [0.15, 0.2) is 20.5 Å². The van der Waals surface area contributed by atoms with Gasteiger partial charge in [-0.05, 0) is 95.5 Å². The normalized spacial score (nSPS) is 15.9. The van der Waals surface area contributed by atoms with Crippen molar-refractivity contribution in [1.82, 2.24) is 25.3 Å². The minimum atomic E-state index is -3.44. The standard InChI is InChI=1S/C34H32BrFN6O4S/c35-28-19-26(9-10-30(28)45-22-24-6-3-7-25(36)18-24)42-33-27-20-31(39-21-29(27)40-23-41-33)34(12-5-16-46-34)11-4-13-37-15-17-47(43,44)32-8-1-2-14-38-32/h1-3,5-10,14,16,18-21,23,37H,4,11-13,15,17,22H2,(H,40,41,42). The molecule has 1 aliphatic heterocycles. The first-order valence-corrected chi connectivity index (χ1v) is 17.5. The lowest BCUT2D eigenvalue weighted by atomic mass is 9.90. The molecular formula is C34H32BrFN6O4S. The van der Waals surface area contributed by atoms with Crippen LogP contribution in [0.25, 0.3) is 10.9 Å². The second-order valence-electron chi connectivity index (χ2n) is 11.0. The summed E-state index contributed by atoms with van der Waals surface area (Å²) in [6, 6.07) is 18.7. The number of benzene rings is 2. The van der Waals surface area contributed by atoms with Crippen molar-refractivity contribution >= 4 is 48.2 Å². The Kier molecular flexibility index (Phi) is 10.0. The van der Waals surface area contributed by atoms with Crippen molar-refractivity contribution < 1.29 is 22.3 Å². The summed E-state index contributed by atoms with van der Waals surface area (Å²) >= 11 is 3.58. The predicted molar refractivity (Wildman–Crippen MR) is 180 cm³/mol. The summed E-state index contributed by atoms with van der Waals surface area (Å²) in [6.07, 6.45) is 10.4. The number of anilines is 2. The van der Waals surface area contributed by atoms with Gasteiger partial charge in [0.2, 0.25) is 0 Å². The van der Waals surface area contributed by atoms with Gasteiger partial charge in [0.25, 0.3) is 0 Å². The Morgan fingerprint density at radius 1 is 1.00 bits per heavy atom. The number of rotatable bonds is 14. The summed E-state index contributed by atoms with van der Waals surface area (Å²) in [7, 11) is -3.44. The third-order valence-electron chi connectivity index (χ3n) is 7.74. The second-order valence-corrected chi connectivity index (χ2v) is 13.9. The van der Waals surface area contributed by atoms with E-state index in [1.165, 1.54) is 30.7 Å². The molecule has 0 saturated carbocycles. The van der Waals surface area contributed by atoms with Gasteiger partial charge in [-0.25, -0.2) is 27.8 Å². The highest BCUT2D eigenvalue weighted by Gasteiger charge is 2.36. The molecule has 0 saturated heterocycles. The van der Waals surface area contributed by atoms with E-state index in [-0.39, 0.29) is 23.2 Å². The molecule has 4 heterocycles. The van der Waals surface area contributed by atoms with Crippen molar-refractivity contribution in [1.29, 1.82) is 0 Å². The van der Waals surface area contributed by atoms with Crippen molar-refractivity contribution in [3.8, 4) is 5.75 Å². The van der Waals surface area contributed by atoms with Crippen molar-refractivity contribution in [3.63, 3.8) is 0 Å². The highest BCUT2D eigenvalue weighted by atomic mass is 79.9. The van der Waals surface area contributed by atoms with Crippen molar-refractivity contribution in [3.05, 3.63) is 119 Å². The van der Waals surface area contributed by atoms with E-state index >= 15 is 0 Å². The molecule has 0 amide bonds. The van der Waals surface area contributed by atoms with Crippen LogP contribution < -0.4 is 15.4 Å². The number of sulfone groups is 1. The first-order chi connectivity index (χ1) is 22.8. The zero-order valence-electron chi connectivity index (χ0n) is 25.3. The number of aromatic nitrogens is 4. The van der Waals surface area contributed by atoms with E-state index < -0.39 is 15.4 Å². The second kappa shape index (κ2) is 14.5. The number of halogens is 2. The van der Waals surface area contributed by atoms with Gasteiger partial charge in [-0.1, -0.05) is 18.2 Å². The van der Waals surface area contributed by atoms with Crippen LogP contribution in [0.4, 0.5) is 15.9 Å². The minimum Gasteiger partial charge on any atom is -0.489 e. The molecule has 0 radical (unpaired) electrons. The van der Waals surface area contributed by atoms with Crippen molar-refractivity contribution in [2.24, 2.45) is 0 Å². The van der Waals surface area contributed by atoms with Gasteiger partial charge in [-0.3, -0.25) is 4.98 Å². The Labute approximate surface area is 280 Å². The highest BCUT2D eigenvalue weighted by molar-refractivity contribution is 9.10. The lowest BCUT2D eigenvalue weighted by Gasteiger charge is -2.28. The van der Waals surface area contributed by atoms with Crippen LogP contribution in [0.15, 0.2) is 107 Å². The smallest absolute Gasteiger partial charge is 0.196 e. The molecule has 13 heteroatoms. The maximum atomic E-state index is 13.5. The van der Waals surface area contributed by atoms with Gasteiger partial charge in [0, 0.05) is 30.2 Å². The molecule has 5 aromatic rings. The van der Waals surface area contributed by atoms with E-state index in [4.69, 9.17) is 14.5 Å². The molecule has 47 heavy (non-hydrogen) atoms. The Morgan fingerprint density at radius 3 is 2.70 bits per heavy atom. The molecule has 0 fully saturated rings. The van der Waals surface area contributed by atoms with Gasteiger partial charge in [0.05, 0.1) is 33.9 Å². The Balaban J connectivity index is 1.10. The fraction of sp³-hybridized carbons (Fsp3) is 0.235. The van der Waals surface area contributed by atoms with Crippen LogP contribution >= 0.6 is 15.9 Å². The Morgan fingerprint density at radius 2 is 1.91 bits per heavy atom. The first kappa shape index (κ1) is 32.5. The van der Waals surface area contributed by atoms with Crippen LogP contribution in [0.3, 0.4) is 0 Å². The predicted octanol–water partition coefficient (Wildman–Crippen LogP) is 6.62. The topological polar surface area (TPSA) is 128 Å². The van der Waals surface area contributed by atoms with E-state index in [0.717, 1.165) is 33.2 Å². The molecular weight excluding hydrogens is 687 g/mol. The molecule has 10 nitrogen and oxygen atoms in total. The van der Waals surface area contributed by atoms with Crippen LogP contribution in [0.5, 0.6) is 5.75 Å². The van der Waals surface area contributed by atoms with E-state index in [9.17, 15) is 12.8 Å². The van der Waals surface area contributed by atoms with E-state index in [2.05, 4.69) is 41.5 Å². The zero-order valence-corrected chi connectivity index (χ0v) is 27.7. The summed E-state index contributed by atoms with van der Waals surface area (Å²) in [5.41, 5.74) is 2.29. The van der Waals surface area contributed by atoms with Gasteiger partial charge in [-0.2, -0.15) is 0 Å². The highest BCUT2D eigenvalue weighted by Crippen LogP contribution is 2.39. The summed E-state index contributed by atoms with van der Waals surface area (Å²) in [4.78, 5) is 17.6. The lowest BCUT2D eigenvalue weighted by Crippen LogP contribution is -2.29. The molecule has 2 aromatic carbocycles. The van der Waals surface area contributed by atoms with Crippen LogP contribution in [-0.4, -0.2) is 47.2 Å². The molecule has 1 unspecified atom stereocenters. The van der Waals surface area contributed by atoms with Crippen LogP contribution in [0.2, 0.25) is 0 Å². The summed E-state index contributed by atoms with van der Waals surface area (Å²) < 4.78 is 51.3. The average molecular weight is 720 g/mol. The molecule has 0 bridgehead atoms. The molecule has 6 rings (SSSR count). The molecule has 1 atom stereocenters. The number of ether oxygens (including phenoxy) is 2. The molecule has 0 aliphatic carbocycles. The van der Waals surface area contributed by atoms with Crippen LogP contribution in [0.1, 0.15) is 30.5 Å². The number of hydrogen-bond acceptors (Lipinski definition) is 10. The Bertz CT molecular complexity index is 1990. The number of hydrogen-bond donors (Lipinski definition) is 2. The van der Waals surface area contributed by atoms with Gasteiger partial charge in [-0.15, -0.1) is 0 Å². The molecule has 2 N–H and O–H groups in total. The number of fused-ring (bicyclic) bond motifs is 1. The lowest BCUT2D eigenvalue weighted by molar-refractivity contribution is 0.0265. The van der Waals surface area contributed by atoms with E-state index in [1.54, 1.807) is 30.7 Å². The number of nitrogens with zero attached hydrogens (tertiary/aromatic N) is 4. The molecule has 242 valence electrons. The maximum absolute atomic E-state index is 13.5. The fourth-order valence-corrected chi connectivity index (χ4v) is 6.94. The fourth-order valence-electron chi connectivity index (χ4n) is 5.31.